The van der Waals surface area contributed by atoms with Gasteiger partial charge in [0.2, 0.25) is 0 Å². The maximum absolute atomic E-state index is 11.7. The van der Waals surface area contributed by atoms with E-state index >= 15 is 0 Å². The van der Waals surface area contributed by atoms with Crippen LogP contribution >= 0.6 is 11.3 Å². The summed E-state index contributed by atoms with van der Waals surface area (Å²) in [6.07, 6.45) is 2.19. The van der Waals surface area contributed by atoms with E-state index in [1.807, 2.05) is 17.7 Å². The number of aryl methyl sites for hydroxylation is 1. The maximum Gasteiger partial charge on any atom is 0.319 e. The van der Waals surface area contributed by atoms with Gasteiger partial charge in [-0.1, -0.05) is 0 Å². The van der Waals surface area contributed by atoms with Gasteiger partial charge in [0.05, 0.1) is 5.69 Å². The van der Waals surface area contributed by atoms with Crippen molar-refractivity contribution in [2.75, 3.05) is 18.4 Å². The second kappa shape index (κ2) is 5.32. The van der Waals surface area contributed by atoms with Gasteiger partial charge in [0.25, 0.3) is 0 Å². The molecule has 2 amide bonds. The number of urea groups is 1. The van der Waals surface area contributed by atoms with Gasteiger partial charge in [-0.25, -0.2) is 4.79 Å². The predicted octanol–water partition coefficient (Wildman–Crippen LogP) is 1.93. The molecule has 3 N–H and O–H groups in total. The summed E-state index contributed by atoms with van der Waals surface area (Å²) in [7, 11) is 0. The standard InChI is InChI=1S/C11H17N3OS/c1-8-6-16-7-10(8)14-11(15)13-9-3-2-4-12-5-9/h6-7,9,12H,2-5H2,1H3,(H2,13,14,15). The fourth-order valence-electron chi connectivity index (χ4n) is 1.81. The molecule has 1 fully saturated rings. The third-order valence-electron chi connectivity index (χ3n) is 2.74. The van der Waals surface area contributed by atoms with Crippen molar-refractivity contribution in [1.29, 1.82) is 0 Å². The van der Waals surface area contributed by atoms with Crippen molar-refractivity contribution in [3.8, 4) is 0 Å². The topological polar surface area (TPSA) is 53.2 Å². The quantitative estimate of drug-likeness (QED) is 0.738. The van der Waals surface area contributed by atoms with Gasteiger partial charge in [0, 0.05) is 18.0 Å². The number of rotatable bonds is 2. The molecule has 1 saturated heterocycles. The minimum Gasteiger partial charge on any atom is -0.334 e. The summed E-state index contributed by atoms with van der Waals surface area (Å²) in [5, 5.41) is 13.1. The smallest absolute Gasteiger partial charge is 0.319 e. The summed E-state index contributed by atoms with van der Waals surface area (Å²) in [4.78, 5) is 11.7. The minimum atomic E-state index is -0.102. The highest BCUT2D eigenvalue weighted by atomic mass is 32.1. The third-order valence-corrected chi connectivity index (χ3v) is 3.60. The van der Waals surface area contributed by atoms with Crippen LogP contribution in [0.5, 0.6) is 0 Å². The lowest BCUT2D eigenvalue weighted by Gasteiger charge is -2.23. The lowest BCUT2D eigenvalue weighted by molar-refractivity contribution is 0.245. The average molecular weight is 239 g/mol. The Labute approximate surface area is 99.4 Å². The Morgan fingerprint density at radius 2 is 2.44 bits per heavy atom. The molecule has 2 rings (SSSR count). The monoisotopic (exact) mass is 239 g/mol. The van der Waals surface area contributed by atoms with Gasteiger partial charge >= 0.3 is 6.03 Å². The number of carbonyl (C=O) groups is 1. The Bertz CT molecular complexity index is 358. The van der Waals surface area contributed by atoms with Crippen LogP contribution in [0.15, 0.2) is 10.8 Å². The normalized spacial score (nSPS) is 20.4. The molecule has 0 aliphatic carbocycles. The number of carbonyl (C=O) groups excluding carboxylic acids is 1. The summed E-state index contributed by atoms with van der Waals surface area (Å²) >= 11 is 1.60. The molecule has 1 aliphatic rings. The Morgan fingerprint density at radius 3 is 3.06 bits per heavy atom. The Morgan fingerprint density at radius 1 is 1.56 bits per heavy atom. The predicted molar refractivity (Wildman–Crippen MR) is 67.1 cm³/mol. The van der Waals surface area contributed by atoms with E-state index in [2.05, 4.69) is 16.0 Å². The number of hydrogen-bond acceptors (Lipinski definition) is 3. The molecule has 0 saturated carbocycles. The molecule has 1 aromatic heterocycles. The summed E-state index contributed by atoms with van der Waals surface area (Å²) < 4.78 is 0. The Balaban J connectivity index is 1.82. The first-order valence-corrected chi connectivity index (χ1v) is 6.51. The van der Waals surface area contributed by atoms with Crippen LogP contribution < -0.4 is 16.0 Å². The summed E-state index contributed by atoms with van der Waals surface area (Å²) in [6.45, 7) is 3.92. The number of nitrogens with one attached hydrogen (secondary N) is 3. The highest BCUT2D eigenvalue weighted by Crippen LogP contribution is 2.19. The molecule has 1 aromatic rings. The van der Waals surface area contributed by atoms with E-state index in [1.165, 1.54) is 0 Å². The van der Waals surface area contributed by atoms with Gasteiger partial charge in [-0.05, 0) is 37.3 Å². The van der Waals surface area contributed by atoms with Crippen LogP contribution in [0.4, 0.5) is 10.5 Å². The van der Waals surface area contributed by atoms with E-state index in [-0.39, 0.29) is 12.1 Å². The van der Waals surface area contributed by atoms with Crippen molar-refractivity contribution < 1.29 is 4.79 Å². The van der Waals surface area contributed by atoms with Crippen LogP contribution in [0, 0.1) is 6.92 Å². The van der Waals surface area contributed by atoms with Crippen LogP contribution in [0.3, 0.4) is 0 Å². The first kappa shape index (κ1) is 11.4. The molecular formula is C11H17N3OS. The van der Waals surface area contributed by atoms with Gasteiger partial charge in [-0.15, -0.1) is 11.3 Å². The second-order valence-corrected chi connectivity index (χ2v) is 4.85. The SMILES string of the molecule is Cc1cscc1NC(=O)NC1CCCNC1. The van der Waals surface area contributed by atoms with Gasteiger partial charge in [-0.2, -0.15) is 0 Å². The molecule has 16 heavy (non-hydrogen) atoms. The first-order valence-electron chi connectivity index (χ1n) is 5.57. The van der Waals surface area contributed by atoms with Crippen molar-refractivity contribution in [2.24, 2.45) is 0 Å². The maximum atomic E-state index is 11.7. The molecule has 2 heterocycles. The van der Waals surface area contributed by atoms with Crippen LogP contribution in [-0.2, 0) is 0 Å². The van der Waals surface area contributed by atoms with Crippen molar-refractivity contribution in [3.63, 3.8) is 0 Å². The molecule has 0 spiro atoms. The van der Waals surface area contributed by atoms with E-state index in [4.69, 9.17) is 0 Å². The average Bonchev–Trinajstić information content (AvgIpc) is 2.66. The molecular weight excluding hydrogens is 222 g/mol. The fourth-order valence-corrected chi connectivity index (χ4v) is 2.59. The second-order valence-electron chi connectivity index (χ2n) is 4.11. The summed E-state index contributed by atoms with van der Waals surface area (Å²) in [5.74, 6) is 0. The van der Waals surface area contributed by atoms with Crippen molar-refractivity contribution in [3.05, 3.63) is 16.3 Å². The molecule has 1 unspecified atom stereocenters. The van der Waals surface area contributed by atoms with E-state index in [0.717, 1.165) is 37.2 Å². The lowest BCUT2D eigenvalue weighted by Crippen LogP contribution is -2.47. The van der Waals surface area contributed by atoms with Gasteiger partial charge < -0.3 is 16.0 Å². The van der Waals surface area contributed by atoms with Crippen LogP contribution in [0.1, 0.15) is 18.4 Å². The van der Waals surface area contributed by atoms with Gasteiger partial charge in [0.1, 0.15) is 0 Å². The molecule has 1 aliphatic heterocycles. The van der Waals surface area contributed by atoms with Crippen molar-refractivity contribution >= 4 is 23.1 Å². The number of amides is 2. The molecule has 4 nitrogen and oxygen atoms in total. The van der Waals surface area contributed by atoms with E-state index in [1.54, 1.807) is 11.3 Å². The molecule has 1 atom stereocenters. The zero-order valence-electron chi connectivity index (χ0n) is 9.38. The minimum absolute atomic E-state index is 0.102. The lowest BCUT2D eigenvalue weighted by atomic mass is 10.1. The Kier molecular flexibility index (Phi) is 3.79. The molecule has 0 aromatic carbocycles. The van der Waals surface area contributed by atoms with Gasteiger partial charge in [0.15, 0.2) is 0 Å². The summed E-state index contributed by atoms with van der Waals surface area (Å²) in [5.41, 5.74) is 2.02. The third kappa shape index (κ3) is 2.96. The number of thiophene rings is 1. The van der Waals surface area contributed by atoms with E-state index < -0.39 is 0 Å². The van der Waals surface area contributed by atoms with Crippen molar-refractivity contribution in [1.82, 2.24) is 10.6 Å². The largest absolute Gasteiger partial charge is 0.334 e. The number of hydrogen-bond donors (Lipinski definition) is 3. The zero-order valence-corrected chi connectivity index (χ0v) is 10.2. The van der Waals surface area contributed by atoms with Gasteiger partial charge in [-0.3, -0.25) is 0 Å². The highest BCUT2D eigenvalue weighted by Gasteiger charge is 2.15. The van der Waals surface area contributed by atoms with Crippen LogP contribution in [0.25, 0.3) is 0 Å². The molecule has 5 heteroatoms. The van der Waals surface area contributed by atoms with Crippen molar-refractivity contribution in [2.45, 2.75) is 25.8 Å². The van der Waals surface area contributed by atoms with Crippen LogP contribution in [-0.4, -0.2) is 25.2 Å². The number of piperidine rings is 1. The van der Waals surface area contributed by atoms with E-state index in [9.17, 15) is 4.79 Å². The molecule has 0 bridgehead atoms. The molecule has 88 valence electrons. The Hall–Kier alpha value is -1.07. The molecule has 0 radical (unpaired) electrons. The fraction of sp³-hybridized carbons (Fsp3) is 0.545. The van der Waals surface area contributed by atoms with Crippen LogP contribution in [0.2, 0.25) is 0 Å². The number of anilines is 1. The summed E-state index contributed by atoms with van der Waals surface area (Å²) in [6, 6.07) is 0.155. The zero-order chi connectivity index (χ0) is 11.4. The van der Waals surface area contributed by atoms with E-state index in [0.29, 0.717) is 0 Å². The first-order chi connectivity index (χ1) is 7.75. The highest BCUT2D eigenvalue weighted by molar-refractivity contribution is 7.08.